The zero-order chi connectivity index (χ0) is 27.6. The highest BCUT2D eigenvalue weighted by Crippen LogP contribution is 2.41. The van der Waals surface area contributed by atoms with E-state index < -0.39 is 58.1 Å². The Morgan fingerprint density at radius 3 is 2.05 bits per heavy atom. The van der Waals surface area contributed by atoms with Crippen LogP contribution in [0.25, 0.3) is 16.7 Å². The molecular formula is C30H28F6O2. The van der Waals surface area contributed by atoms with E-state index in [0.29, 0.717) is 31.3 Å². The summed E-state index contributed by atoms with van der Waals surface area (Å²) in [6.07, 6.45) is 2.37. The van der Waals surface area contributed by atoms with Gasteiger partial charge in [-0.05, 0) is 61.8 Å². The number of hydrogen-bond acceptors (Lipinski definition) is 2. The second-order valence-electron chi connectivity index (χ2n) is 9.34. The van der Waals surface area contributed by atoms with Crippen molar-refractivity contribution in [1.82, 2.24) is 0 Å². The topological polar surface area (TPSA) is 29.5 Å². The molecule has 0 fully saturated rings. The summed E-state index contributed by atoms with van der Waals surface area (Å²) >= 11 is 0. The molecule has 0 bridgehead atoms. The van der Waals surface area contributed by atoms with E-state index in [4.69, 9.17) is 4.74 Å². The summed E-state index contributed by atoms with van der Waals surface area (Å²) in [7, 11) is 0. The summed E-state index contributed by atoms with van der Waals surface area (Å²) in [5.41, 5.74) is -0.255. The van der Waals surface area contributed by atoms with Crippen molar-refractivity contribution in [2.45, 2.75) is 58.0 Å². The third-order valence-corrected chi connectivity index (χ3v) is 6.98. The average molecular weight is 535 g/mol. The van der Waals surface area contributed by atoms with Gasteiger partial charge in [-0.1, -0.05) is 43.7 Å². The number of rotatable bonds is 8. The summed E-state index contributed by atoms with van der Waals surface area (Å²) in [4.78, 5) is 0. The fourth-order valence-corrected chi connectivity index (χ4v) is 4.95. The molecule has 0 radical (unpaired) electrons. The molecule has 0 heterocycles. The Kier molecular flexibility index (Phi) is 8.51. The van der Waals surface area contributed by atoms with Crippen LogP contribution in [0.3, 0.4) is 0 Å². The van der Waals surface area contributed by atoms with Crippen molar-refractivity contribution in [3.8, 4) is 16.9 Å². The van der Waals surface area contributed by atoms with Crippen LogP contribution in [-0.4, -0.2) is 11.7 Å². The Morgan fingerprint density at radius 2 is 1.42 bits per heavy atom. The Balaban J connectivity index is 1.58. The summed E-state index contributed by atoms with van der Waals surface area (Å²) < 4.78 is 93.4. The fourth-order valence-electron chi connectivity index (χ4n) is 4.95. The van der Waals surface area contributed by atoms with Gasteiger partial charge in [-0.3, -0.25) is 0 Å². The number of halogens is 6. The molecule has 0 saturated heterocycles. The van der Waals surface area contributed by atoms with Crippen molar-refractivity contribution in [1.29, 1.82) is 0 Å². The first-order valence-electron chi connectivity index (χ1n) is 12.6. The Hall–Kier alpha value is -3.26. The van der Waals surface area contributed by atoms with Crippen LogP contribution in [0.1, 0.15) is 74.7 Å². The normalized spacial score (nSPS) is 16.3. The minimum Gasteiger partial charge on any atom is -0.491 e. The van der Waals surface area contributed by atoms with Gasteiger partial charge in [-0.25, -0.2) is 22.0 Å². The van der Waals surface area contributed by atoms with Crippen molar-refractivity contribution in [3.05, 3.63) is 94.1 Å². The lowest BCUT2D eigenvalue weighted by Gasteiger charge is -2.24. The van der Waals surface area contributed by atoms with E-state index in [2.05, 4.69) is 0 Å². The first-order chi connectivity index (χ1) is 18.2. The second-order valence-corrected chi connectivity index (χ2v) is 9.34. The highest BCUT2D eigenvalue weighted by molar-refractivity contribution is 5.69. The van der Waals surface area contributed by atoms with Gasteiger partial charge in [0.15, 0.2) is 34.8 Å². The molecule has 1 aliphatic rings. The fraction of sp³-hybridized carbons (Fsp3) is 0.333. The number of allylic oxidation sites excluding steroid dienone is 2. The second kappa shape index (κ2) is 11.6. The van der Waals surface area contributed by atoms with Gasteiger partial charge >= 0.3 is 0 Å². The van der Waals surface area contributed by atoms with Crippen molar-refractivity contribution in [2.75, 3.05) is 6.61 Å². The molecule has 1 N–H and O–H groups in total. The van der Waals surface area contributed by atoms with Crippen molar-refractivity contribution >= 4 is 5.57 Å². The molecule has 202 valence electrons. The molecule has 0 aliphatic heterocycles. The van der Waals surface area contributed by atoms with E-state index in [1.54, 1.807) is 13.0 Å². The van der Waals surface area contributed by atoms with Gasteiger partial charge in [0.1, 0.15) is 0 Å². The molecule has 1 aliphatic carbocycles. The first kappa shape index (κ1) is 27.8. The first-order valence-corrected chi connectivity index (χ1v) is 12.6. The van der Waals surface area contributed by atoms with Gasteiger partial charge in [0, 0.05) is 22.3 Å². The van der Waals surface area contributed by atoms with Gasteiger partial charge in [0.05, 0.1) is 12.7 Å². The lowest BCUT2D eigenvalue weighted by atomic mass is 9.81. The predicted octanol–water partition coefficient (Wildman–Crippen LogP) is 8.77. The van der Waals surface area contributed by atoms with E-state index in [1.165, 1.54) is 24.3 Å². The average Bonchev–Trinajstić information content (AvgIpc) is 2.91. The van der Waals surface area contributed by atoms with Crippen LogP contribution in [0.5, 0.6) is 5.75 Å². The van der Waals surface area contributed by atoms with Crippen molar-refractivity contribution in [3.63, 3.8) is 0 Å². The molecule has 0 amide bonds. The molecule has 2 nitrogen and oxygen atoms in total. The molecule has 2 atom stereocenters. The maximum atomic E-state index is 15.1. The SMILES string of the molecule is CCCC(O)c1ccc(C2=CCC(c3ccc(-c4ccc(OCC)c(F)c4F)c(F)c3F)CC2)c(F)c1F. The van der Waals surface area contributed by atoms with Crippen LogP contribution in [-0.2, 0) is 0 Å². The molecule has 3 aromatic carbocycles. The molecule has 4 rings (SSSR count). The van der Waals surface area contributed by atoms with Gasteiger partial charge in [0.25, 0.3) is 0 Å². The van der Waals surface area contributed by atoms with Crippen LogP contribution in [0.4, 0.5) is 26.3 Å². The Labute approximate surface area is 217 Å². The monoisotopic (exact) mass is 534 g/mol. The van der Waals surface area contributed by atoms with E-state index >= 15 is 8.78 Å². The van der Waals surface area contributed by atoms with Crippen LogP contribution in [0, 0.1) is 34.9 Å². The standard InChI is InChI=1S/C30H28F6O2/c1-3-5-23(37)22-13-11-19(26(32)29(22)35)17-8-6-16(7-9-17)18-10-12-20(27(33)25(18)31)21-14-15-24(38-4-2)30(36)28(21)34/h8,10-16,23,37H,3-7,9H2,1-2H3. The molecule has 3 aromatic rings. The molecule has 38 heavy (non-hydrogen) atoms. The highest BCUT2D eigenvalue weighted by atomic mass is 19.2. The summed E-state index contributed by atoms with van der Waals surface area (Å²) in [6, 6.07) is 7.65. The lowest BCUT2D eigenvalue weighted by Crippen LogP contribution is -2.10. The molecule has 0 spiro atoms. The Bertz CT molecular complexity index is 1370. The lowest BCUT2D eigenvalue weighted by molar-refractivity contribution is 0.160. The zero-order valence-corrected chi connectivity index (χ0v) is 21.1. The third kappa shape index (κ3) is 5.19. The van der Waals surface area contributed by atoms with E-state index in [1.807, 2.05) is 6.92 Å². The van der Waals surface area contributed by atoms with Crippen LogP contribution in [0.2, 0.25) is 0 Å². The van der Waals surface area contributed by atoms with E-state index in [-0.39, 0.29) is 35.5 Å². The van der Waals surface area contributed by atoms with Gasteiger partial charge in [-0.15, -0.1) is 0 Å². The molecular weight excluding hydrogens is 506 g/mol. The summed E-state index contributed by atoms with van der Waals surface area (Å²) in [5, 5.41) is 10.1. The number of benzene rings is 3. The molecule has 0 aromatic heterocycles. The maximum Gasteiger partial charge on any atom is 0.201 e. The number of ether oxygens (including phenoxy) is 1. The quantitative estimate of drug-likeness (QED) is 0.293. The largest absolute Gasteiger partial charge is 0.491 e. The minimum absolute atomic E-state index is 0.0676. The van der Waals surface area contributed by atoms with E-state index in [0.717, 1.165) is 12.1 Å². The Morgan fingerprint density at radius 1 is 0.789 bits per heavy atom. The zero-order valence-electron chi connectivity index (χ0n) is 21.1. The van der Waals surface area contributed by atoms with Crippen LogP contribution >= 0.6 is 0 Å². The van der Waals surface area contributed by atoms with Crippen LogP contribution in [0.15, 0.2) is 42.5 Å². The molecule has 8 heteroatoms. The third-order valence-electron chi connectivity index (χ3n) is 6.98. The summed E-state index contributed by atoms with van der Waals surface area (Å²) in [6.45, 7) is 3.54. The number of aliphatic hydroxyl groups excluding tert-OH is 1. The smallest absolute Gasteiger partial charge is 0.201 e. The van der Waals surface area contributed by atoms with Gasteiger partial charge in [0.2, 0.25) is 5.82 Å². The maximum absolute atomic E-state index is 15.1. The van der Waals surface area contributed by atoms with Crippen LogP contribution < -0.4 is 4.74 Å². The highest BCUT2D eigenvalue weighted by Gasteiger charge is 2.27. The number of aliphatic hydroxyl groups is 1. The molecule has 0 saturated carbocycles. The molecule has 2 unspecified atom stereocenters. The van der Waals surface area contributed by atoms with Gasteiger partial charge < -0.3 is 9.84 Å². The number of hydrogen-bond donors (Lipinski definition) is 1. The minimum atomic E-state index is -1.34. The van der Waals surface area contributed by atoms with E-state index in [9.17, 15) is 22.7 Å². The van der Waals surface area contributed by atoms with Crippen molar-refractivity contribution in [2.24, 2.45) is 0 Å². The summed E-state index contributed by atoms with van der Waals surface area (Å²) in [5.74, 6) is -7.98. The van der Waals surface area contributed by atoms with Gasteiger partial charge in [-0.2, -0.15) is 4.39 Å². The predicted molar refractivity (Wildman–Crippen MR) is 134 cm³/mol. The van der Waals surface area contributed by atoms with Crippen molar-refractivity contribution < 1.29 is 36.2 Å².